The van der Waals surface area contributed by atoms with E-state index in [9.17, 15) is 27.5 Å². The number of urea groups is 1. The van der Waals surface area contributed by atoms with Gasteiger partial charge in [0.05, 0.1) is 29.7 Å². The third-order valence-corrected chi connectivity index (χ3v) is 8.75. The Balaban J connectivity index is 1.61. The summed E-state index contributed by atoms with van der Waals surface area (Å²) in [7, 11) is -2.32. The molecule has 0 bridgehead atoms. The molecule has 0 radical (unpaired) electrons. The number of carbonyl (C=O) groups excluding carboxylic acids is 2. The first-order valence-electron chi connectivity index (χ1n) is 13.1. The number of amides is 3. The number of rotatable bonds is 8. The second-order valence-corrected chi connectivity index (χ2v) is 12.1. The number of halogens is 1. The lowest BCUT2D eigenvalue weighted by Gasteiger charge is -2.38. The molecule has 3 N–H and O–H groups in total. The van der Waals surface area contributed by atoms with Crippen LogP contribution in [0.5, 0.6) is 5.75 Å². The van der Waals surface area contributed by atoms with Crippen LogP contribution in [0.4, 0.5) is 20.6 Å². The van der Waals surface area contributed by atoms with Gasteiger partial charge in [-0.05, 0) is 61.5 Å². The molecule has 1 aliphatic heterocycles. The van der Waals surface area contributed by atoms with Crippen molar-refractivity contribution in [2.75, 3.05) is 37.4 Å². The lowest BCUT2D eigenvalue weighted by molar-refractivity contribution is 0.0387. The summed E-state index contributed by atoms with van der Waals surface area (Å²) in [4.78, 5) is 27.9. The Morgan fingerprint density at radius 1 is 1.10 bits per heavy atom. The minimum Gasteiger partial charge on any atom is -0.488 e. The Morgan fingerprint density at radius 3 is 2.39 bits per heavy atom. The molecule has 0 aromatic heterocycles. The standard InChI is InChI=1S/C29H33FN4O6S/c1-19-16-34(20(2)18-35)28(36)25-15-23(32-29(37)31-22-11-9-21(30)10-12-22)13-14-26(25)40-27(19)17-33(3)41(38,39)24-7-5-4-6-8-24/h4-15,19-20,27,35H,16-18H2,1-3H3,(H2,31,32,37)/t19-,20-,27+/m1/s1. The molecule has 1 aliphatic rings. The summed E-state index contributed by atoms with van der Waals surface area (Å²) in [6.45, 7) is 3.50. The van der Waals surface area contributed by atoms with Gasteiger partial charge in [-0.1, -0.05) is 25.1 Å². The number of likely N-dealkylation sites (N-methyl/N-ethyl adjacent to an activating group) is 1. The van der Waals surface area contributed by atoms with E-state index in [2.05, 4.69) is 10.6 Å². The van der Waals surface area contributed by atoms with Gasteiger partial charge in [0.25, 0.3) is 5.91 Å². The molecular weight excluding hydrogens is 551 g/mol. The Labute approximate surface area is 238 Å². The highest BCUT2D eigenvalue weighted by molar-refractivity contribution is 7.89. The van der Waals surface area contributed by atoms with E-state index in [0.717, 1.165) is 0 Å². The fourth-order valence-electron chi connectivity index (χ4n) is 4.47. The molecule has 1 heterocycles. The summed E-state index contributed by atoms with van der Waals surface area (Å²) in [6.07, 6.45) is -0.640. The summed E-state index contributed by atoms with van der Waals surface area (Å²) < 4.78 is 47.0. The summed E-state index contributed by atoms with van der Waals surface area (Å²) in [6, 6.07) is 16.8. The second kappa shape index (κ2) is 12.7. The monoisotopic (exact) mass is 584 g/mol. The lowest BCUT2D eigenvalue weighted by Crippen LogP contribution is -2.50. The van der Waals surface area contributed by atoms with Gasteiger partial charge in [-0.15, -0.1) is 0 Å². The SMILES string of the molecule is C[C@@H]1CN([C@H](C)CO)C(=O)c2cc(NC(=O)Nc3ccc(F)cc3)ccc2O[C@H]1CN(C)S(=O)(=O)c1ccccc1. The fourth-order valence-corrected chi connectivity index (χ4v) is 5.67. The van der Waals surface area contributed by atoms with Gasteiger partial charge in [-0.3, -0.25) is 4.79 Å². The van der Waals surface area contributed by atoms with E-state index in [-0.39, 0.29) is 41.8 Å². The van der Waals surface area contributed by atoms with Gasteiger partial charge in [-0.2, -0.15) is 4.31 Å². The molecule has 12 heteroatoms. The van der Waals surface area contributed by atoms with E-state index in [4.69, 9.17) is 4.74 Å². The second-order valence-electron chi connectivity index (χ2n) is 10.0. The van der Waals surface area contributed by atoms with Crippen molar-refractivity contribution >= 4 is 33.3 Å². The predicted octanol–water partition coefficient (Wildman–Crippen LogP) is 4.01. The van der Waals surface area contributed by atoms with Crippen LogP contribution in [-0.2, 0) is 10.0 Å². The zero-order valence-electron chi connectivity index (χ0n) is 23.0. The van der Waals surface area contributed by atoms with Gasteiger partial charge < -0.3 is 25.4 Å². The molecule has 4 rings (SSSR count). The number of hydrogen-bond acceptors (Lipinski definition) is 6. The van der Waals surface area contributed by atoms with Crippen molar-refractivity contribution < 1.29 is 32.2 Å². The number of hydrogen-bond donors (Lipinski definition) is 3. The molecule has 3 atom stereocenters. The van der Waals surface area contributed by atoms with Crippen molar-refractivity contribution in [1.29, 1.82) is 0 Å². The Hall–Kier alpha value is -4.00. The van der Waals surface area contributed by atoms with Gasteiger partial charge in [0.15, 0.2) is 0 Å². The number of nitrogens with zero attached hydrogens (tertiary/aromatic N) is 2. The molecule has 3 amide bonds. The number of ether oxygens (including phenoxy) is 1. The van der Waals surface area contributed by atoms with Crippen molar-refractivity contribution in [3.05, 3.63) is 84.2 Å². The topological polar surface area (TPSA) is 128 Å². The predicted molar refractivity (Wildman–Crippen MR) is 153 cm³/mol. The molecule has 3 aromatic rings. The van der Waals surface area contributed by atoms with Crippen molar-refractivity contribution in [1.82, 2.24) is 9.21 Å². The average Bonchev–Trinajstić information content (AvgIpc) is 2.96. The highest BCUT2D eigenvalue weighted by atomic mass is 32.2. The van der Waals surface area contributed by atoms with Crippen LogP contribution in [0.2, 0.25) is 0 Å². The molecule has 0 saturated heterocycles. The van der Waals surface area contributed by atoms with Crippen molar-refractivity contribution in [2.24, 2.45) is 5.92 Å². The van der Waals surface area contributed by atoms with Crippen LogP contribution >= 0.6 is 0 Å². The third-order valence-electron chi connectivity index (χ3n) is 6.91. The molecular formula is C29H33FN4O6S. The smallest absolute Gasteiger partial charge is 0.323 e. The number of nitrogens with one attached hydrogen (secondary N) is 2. The summed E-state index contributed by atoms with van der Waals surface area (Å²) in [5.41, 5.74) is 0.824. The van der Waals surface area contributed by atoms with Gasteiger partial charge in [0.2, 0.25) is 10.0 Å². The number of anilines is 2. The van der Waals surface area contributed by atoms with Crippen LogP contribution in [0.3, 0.4) is 0 Å². The van der Waals surface area contributed by atoms with Gasteiger partial charge >= 0.3 is 6.03 Å². The van der Waals surface area contributed by atoms with Crippen LogP contribution in [0, 0.1) is 11.7 Å². The number of sulfonamides is 1. The molecule has 218 valence electrons. The Kier molecular flexibility index (Phi) is 9.26. The maximum Gasteiger partial charge on any atom is 0.323 e. The van der Waals surface area contributed by atoms with Gasteiger partial charge in [0.1, 0.15) is 17.7 Å². The van der Waals surface area contributed by atoms with Crippen molar-refractivity contribution in [2.45, 2.75) is 30.9 Å². The molecule has 3 aromatic carbocycles. The first-order chi connectivity index (χ1) is 19.5. The minimum atomic E-state index is -3.80. The normalized spacial score (nSPS) is 18.1. The van der Waals surface area contributed by atoms with E-state index in [1.807, 2.05) is 6.92 Å². The first-order valence-corrected chi connectivity index (χ1v) is 14.5. The van der Waals surface area contributed by atoms with Crippen molar-refractivity contribution in [3.8, 4) is 5.75 Å². The molecule has 0 saturated carbocycles. The zero-order valence-corrected chi connectivity index (χ0v) is 23.8. The molecule has 0 spiro atoms. The van der Waals surface area contributed by atoms with Crippen LogP contribution in [0.15, 0.2) is 77.7 Å². The quantitative estimate of drug-likeness (QED) is 0.367. The molecule has 10 nitrogen and oxygen atoms in total. The maximum atomic E-state index is 13.6. The van der Waals surface area contributed by atoms with E-state index in [0.29, 0.717) is 11.4 Å². The highest BCUT2D eigenvalue weighted by Crippen LogP contribution is 2.31. The van der Waals surface area contributed by atoms with Gasteiger partial charge in [-0.25, -0.2) is 17.6 Å². The van der Waals surface area contributed by atoms with E-state index in [1.54, 1.807) is 37.3 Å². The first kappa shape index (κ1) is 30.0. The van der Waals surface area contributed by atoms with Crippen LogP contribution in [0.25, 0.3) is 0 Å². The molecule has 41 heavy (non-hydrogen) atoms. The highest BCUT2D eigenvalue weighted by Gasteiger charge is 2.35. The average molecular weight is 585 g/mol. The number of carbonyl (C=O) groups is 2. The van der Waals surface area contributed by atoms with Gasteiger partial charge in [0, 0.05) is 30.9 Å². The lowest BCUT2D eigenvalue weighted by atomic mass is 9.99. The number of fused-ring (bicyclic) bond motifs is 1. The molecule has 0 aliphatic carbocycles. The third kappa shape index (κ3) is 7.02. The van der Waals surface area contributed by atoms with Crippen LogP contribution < -0.4 is 15.4 Å². The molecule has 0 unspecified atom stereocenters. The van der Waals surface area contributed by atoms with E-state index >= 15 is 0 Å². The van der Waals surface area contributed by atoms with Crippen molar-refractivity contribution in [3.63, 3.8) is 0 Å². The summed E-state index contributed by atoms with van der Waals surface area (Å²) in [5, 5.41) is 15.1. The number of benzene rings is 3. The summed E-state index contributed by atoms with van der Waals surface area (Å²) in [5.74, 6) is -0.917. The Morgan fingerprint density at radius 2 is 1.73 bits per heavy atom. The van der Waals surface area contributed by atoms with E-state index < -0.39 is 39.9 Å². The number of aliphatic hydroxyl groups excluding tert-OH is 1. The summed E-state index contributed by atoms with van der Waals surface area (Å²) >= 11 is 0. The minimum absolute atomic E-state index is 0.00739. The Bertz CT molecular complexity index is 1490. The largest absolute Gasteiger partial charge is 0.488 e. The van der Waals surface area contributed by atoms with E-state index in [1.165, 1.54) is 58.7 Å². The molecule has 0 fully saturated rings. The fraction of sp³-hybridized carbons (Fsp3) is 0.310. The van der Waals surface area contributed by atoms with Crippen LogP contribution in [-0.4, -0.2) is 73.6 Å². The zero-order chi connectivity index (χ0) is 29.7. The maximum absolute atomic E-state index is 13.6. The number of aliphatic hydroxyl groups is 1. The van der Waals surface area contributed by atoms with Crippen LogP contribution in [0.1, 0.15) is 24.2 Å².